The molecular formula is C17H36N4O. The van der Waals surface area contributed by atoms with Crippen molar-refractivity contribution in [2.45, 2.75) is 40.0 Å². The average Bonchev–Trinajstić information content (AvgIpc) is 2.59. The molecule has 130 valence electrons. The first-order valence-corrected chi connectivity index (χ1v) is 9.23. The highest BCUT2D eigenvalue weighted by molar-refractivity contribution is 5.78. The van der Waals surface area contributed by atoms with Crippen molar-refractivity contribution >= 4 is 5.91 Å². The van der Waals surface area contributed by atoms with E-state index in [1.807, 2.05) is 18.7 Å². The molecule has 0 aliphatic carbocycles. The van der Waals surface area contributed by atoms with Gasteiger partial charge in [-0.3, -0.25) is 9.69 Å². The van der Waals surface area contributed by atoms with E-state index in [9.17, 15) is 4.79 Å². The van der Waals surface area contributed by atoms with Crippen molar-refractivity contribution in [3.05, 3.63) is 0 Å². The molecule has 22 heavy (non-hydrogen) atoms. The molecule has 0 radical (unpaired) electrons. The third-order valence-corrected chi connectivity index (χ3v) is 4.37. The second-order valence-electron chi connectivity index (χ2n) is 5.96. The van der Waals surface area contributed by atoms with Crippen LogP contribution in [0.15, 0.2) is 0 Å². The molecule has 1 N–H and O–H groups in total. The zero-order valence-electron chi connectivity index (χ0n) is 14.9. The summed E-state index contributed by atoms with van der Waals surface area (Å²) in [6.07, 6.45) is 3.94. The first kappa shape index (κ1) is 19.4. The lowest BCUT2D eigenvalue weighted by Gasteiger charge is -2.36. The molecule has 0 atom stereocenters. The molecule has 2 fully saturated rings. The number of carbonyl (C=O) groups excluding carboxylic acids is 1. The van der Waals surface area contributed by atoms with Crippen molar-refractivity contribution < 1.29 is 4.79 Å². The van der Waals surface area contributed by atoms with Crippen LogP contribution in [0, 0.1) is 0 Å². The fourth-order valence-corrected chi connectivity index (χ4v) is 2.96. The van der Waals surface area contributed by atoms with Crippen LogP contribution in [0.2, 0.25) is 0 Å². The summed E-state index contributed by atoms with van der Waals surface area (Å²) in [5.74, 6) is 0.311. The van der Waals surface area contributed by atoms with E-state index in [2.05, 4.69) is 22.0 Å². The zero-order chi connectivity index (χ0) is 16.2. The van der Waals surface area contributed by atoms with Gasteiger partial charge in [0.15, 0.2) is 0 Å². The van der Waals surface area contributed by atoms with Crippen LogP contribution in [0.25, 0.3) is 0 Å². The molecule has 2 aliphatic rings. The molecule has 1 amide bonds. The highest BCUT2D eigenvalue weighted by Crippen LogP contribution is 2.05. The standard InChI is InChI=1S/C15H30N4O.C2H6/c1-2-3-4-7-17-10-12-18(13-11-17)14-15(20)19-8-5-16-6-9-19;1-2/h16H,2-14H2,1H3;1-2H3. The van der Waals surface area contributed by atoms with Gasteiger partial charge < -0.3 is 15.1 Å². The van der Waals surface area contributed by atoms with Gasteiger partial charge in [0.2, 0.25) is 5.91 Å². The van der Waals surface area contributed by atoms with Crippen molar-refractivity contribution in [3.63, 3.8) is 0 Å². The summed E-state index contributed by atoms with van der Waals surface area (Å²) in [6.45, 7) is 16.1. The molecule has 2 aliphatic heterocycles. The molecule has 0 bridgehead atoms. The maximum Gasteiger partial charge on any atom is 0.236 e. The lowest BCUT2D eigenvalue weighted by Crippen LogP contribution is -2.53. The van der Waals surface area contributed by atoms with Crippen molar-refractivity contribution in [1.29, 1.82) is 0 Å². The Morgan fingerprint density at radius 2 is 1.50 bits per heavy atom. The molecule has 0 spiro atoms. The molecule has 2 heterocycles. The van der Waals surface area contributed by atoms with Gasteiger partial charge in [-0.1, -0.05) is 33.6 Å². The number of carbonyl (C=O) groups is 1. The van der Waals surface area contributed by atoms with Crippen molar-refractivity contribution in [3.8, 4) is 0 Å². The normalized spacial score (nSPS) is 20.4. The summed E-state index contributed by atoms with van der Waals surface area (Å²) in [5, 5.41) is 3.29. The summed E-state index contributed by atoms with van der Waals surface area (Å²) < 4.78 is 0. The van der Waals surface area contributed by atoms with Crippen LogP contribution in [0.4, 0.5) is 0 Å². The Bertz CT molecular complexity index is 284. The van der Waals surface area contributed by atoms with Crippen LogP contribution in [0.5, 0.6) is 0 Å². The third kappa shape index (κ3) is 7.07. The summed E-state index contributed by atoms with van der Waals surface area (Å²) in [7, 11) is 0. The highest BCUT2D eigenvalue weighted by Gasteiger charge is 2.22. The van der Waals surface area contributed by atoms with E-state index in [0.29, 0.717) is 12.5 Å². The van der Waals surface area contributed by atoms with E-state index in [1.54, 1.807) is 0 Å². The van der Waals surface area contributed by atoms with Crippen LogP contribution < -0.4 is 5.32 Å². The topological polar surface area (TPSA) is 38.8 Å². The number of amides is 1. The highest BCUT2D eigenvalue weighted by atomic mass is 16.2. The Labute approximate surface area is 137 Å². The van der Waals surface area contributed by atoms with Gasteiger partial charge in [-0.15, -0.1) is 0 Å². The maximum atomic E-state index is 12.2. The fraction of sp³-hybridized carbons (Fsp3) is 0.941. The molecule has 0 aromatic carbocycles. The molecule has 0 unspecified atom stereocenters. The Balaban J connectivity index is 0.00000116. The van der Waals surface area contributed by atoms with Gasteiger partial charge in [0, 0.05) is 52.4 Å². The van der Waals surface area contributed by atoms with Gasteiger partial charge in [0.05, 0.1) is 6.54 Å². The van der Waals surface area contributed by atoms with Crippen LogP contribution in [0.3, 0.4) is 0 Å². The molecule has 0 saturated carbocycles. The minimum absolute atomic E-state index is 0.311. The Morgan fingerprint density at radius 3 is 2.09 bits per heavy atom. The van der Waals surface area contributed by atoms with E-state index in [-0.39, 0.29) is 0 Å². The lowest BCUT2D eigenvalue weighted by molar-refractivity contribution is -0.133. The van der Waals surface area contributed by atoms with E-state index in [0.717, 1.165) is 52.4 Å². The maximum absolute atomic E-state index is 12.2. The van der Waals surface area contributed by atoms with Gasteiger partial charge >= 0.3 is 0 Å². The second-order valence-corrected chi connectivity index (χ2v) is 5.96. The Morgan fingerprint density at radius 1 is 0.909 bits per heavy atom. The summed E-state index contributed by atoms with van der Waals surface area (Å²) >= 11 is 0. The molecule has 5 nitrogen and oxygen atoms in total. The lowest BCUT2D eigenvalue weighted by atomic mass is 10.2. The molecule has 0 aromatic heterocycles. The first-order valence-electron chi connectivity index (χ1n) is 9.23. The molecular weight excluding hydrogens is 276 g/mol. The Hall–Kier alpha value is -0.650. The van der Waals surface area contributed by atoms with E-state index in [1.165, 1.54) is 25.8 Å². The number of nitrogens with one attached hydrogen (secondary N) is 1. The summed E-state index contributed by atoms with van der Waals surface area (Å²) in [6, 6.07) is 0. The van der Waals surface area contributed by atoms with E-state index < -0.39 is 0 Å². The predicted octanol–water partition coefficient (Wildman–Crippen LogP) is 1.25. The van der Waals surface area contributed by atoms with Gasteiger partial charge in [0.1, 0.15) is 0 Å². The van der Waals surface area contributed by atoms with Crippen molar-refractivity contribution in [2.24, 2.45) is 0 Å². The van der Waals surface area contributed by atoms with Crippen molar-refractivity contribution in [2.75, 3.05) is 65.4 Å². The van der Waals surface area contributed by atoms with Crippen LogP contribution in [-0.2, 0) is 4.79 Å². The van der Waals surface area contributed by atoms with Crippen molar-refractivity contribution in [1.82, 2.24) is 20.0 Å². The molecule has 2 saturated heterocycles. The smallest absolute Gasteiger partial charge is 0.236 e. The molecule has 2 rings (SSSR count). The number of unbranched alkanes of at least 4 members (excludes halogenated alkanes) is 2. The fourth-order valence-electron chi connectivity index (χ4n) is 2.96. The SMILES string of the molecule is CC.CCCCCN1CCN(CC(=O)N2CCNCC2)CC1. The number of nitrogens with zero attached hydrogens (tertiary/aromatic N) is 3. The largest absolute Gasteiger partial charge is 0.339 e. The second kappa shape index (κ2) is 11.9. The molecule has 0 aromatic rings. The minimum Gasteiger partial charge on any atom is -0.339 e. The van der Waals surface area contributed by atoms with E-state index >= 15 is 0 Å². The van der Waals surface area contributed by atoms with Crippen LogP contribution in [0.1, 0.15) is 40.0 Å². The minimum atomic E-state index is 0.311. The van der Waals surface area contributed by atoms with Gasteiger partial charge in [-0.05, 0) is 13.0 Å². The quantitative estimate of drug-likeness (QED) is 0.749. The van der Waals surface area contributed by atoms with Gasteiger partial charge in [-0.2, -0.15) is 0 Å². The first-order chi connectivity index (χ1) is 10.8. The summed E-state index contributed by atoms with van der Waals surface area (Å²) in [4.78, 5) is 19.1. The third-order valence-electron chi connectivity index (χ3n) is 4.37. The van der Waals surface area contributed by atoms with Crippen LogP contribution >= 0.6 is 0 Å². The Kier molecular flexibility index (Phi) is 10.5. The summed E-state index contributed by atoms with van der Waals surface area (Å²) in [5.41, 5.74) is 0. The number of hydrogen-bond donors (Lipinski definition) is 1. The van der Waals surface area contributed by atoms with Gasteiger partial charge in [-0.25, -0.2) is 0 Å². The van der Waals surface area contributed by atoms with Crippen LogP contribution in [-0.4, -0.2) is 86.1 Å². The number of hydrogen-bond acceptors (Lipinski definition) is 4. The van der Waals surface area contributed by atoms with Gasteiger partial charge in [0.25, 0.3) is 0 Å². The molecule has 5 heteroatoms. The average molecular weight is 313 g/mol. The zero-order valence-corrected chi connectivity index (χ0v) is 14.9. The number of piperazine rings is 2. The van der Waals surface area contributed by atoms with E-state index in [4.69, 9.17) is 0 Å². The monoisotopic (exact) mass is 312 g/mol. The predicted molar refractivity (Wildman–Crippen MR) is 93.2 cm³/mol. The number of rotatable bonds is 6.